The predicted molar refractivity (Wildman–Crippen MR) is 83.1 cm³/mol. The number of carboxylic acids is 1. The van der Waals surface area contributed by atoms with Gasteiger partial charge in [-0.25, -0.2) is 14.8 Å². The molecule has 0 saturated heterocycles. The van der Waals surface area contributed by atoms with Gasteiger partial charge in [0.15, 0.2) is 5.16 Å². The van der Waals surface area contributed by atoms with Crippen molar-refractivity contribution >= 4 is 29.5 Å². The lowest BCUT2D eigenvalue weighted by Crippen LogP contribution is -2.16. The van der Waals surface area contributed by atoms with E-state index in [9.17, 15) is 9.59 Å². The number of aromatic carboxylic acids is 1. The number of carbonyl (C=O) groups is 2. The molecular formula is C14H14N4O3S. The summed E-state index contributed by atoms with van der Waals surface area (Å²) in [6.45, 7) is 0.380. The Labute approximate surface area is 131 Å². The summed E-state index contributed by atoms with van der Waals surface area (Å²) in [4.78, 5) is 30.4. The maximum Gasteiger partial charge on any atom is 0.335 e. The predicted octanol–water partition coefficient (Wildman–Crippen LogP) is 1.61. The molecule has 0 saturated carbocycles. The molecule has 4 N–H and O–H groups in total. The molecular weight excluding hydrogens is 304 g/mol. The summed E-state index contributed by atoms with van der Waals surface area (Å²) in [7, 11) is 0. The molecule has 1 aromatic heterocycles. The third-order valence-electron chi connectivity index (χ3n) is 2.88. The van der Waals surface area contributed by atoms with Gasteiger partial charge in [0.2, 0.25) is 0 Å². The molecule has 0 atom stereocenters. The van der Waals surface area contributed by atoms with Crippen molar-refractivity contribution in [3.05, 3.63) is 47.2 Å². The van der Waals surface area contributed by atoms with Gasteiger partial charge in [-0.1, -0.05) is 23.9 Å². The number of anilines is 1. The van der Waals surface area contributed by atoms with Crippen molar-refractivity contribution in [1.29, 1.82) is 0 Å². The van der Waals surface area contributed by atoms with Crippen LogP contribution >= 0.6 is 11.8 Å². The second kappa shape index (κ2) is 6.90. The molecule has 1 amide bonds. The summed E-state index contributed by atoms with van der Waals surface area (Å²) in [6.07, 6.45) is 3.21. The van der Waals surface area contributed by atoms with Gasteiger partial charge in [-0.15, -0.1) is 0 Å². The molecule has 0 bridgehead atoms. The molecule has 0 aliphatic rings. The van der Waals surface area contributed by atoms with Crippen molar-refractivity contribution in [2.45, 2.75) is 11.7 Å². The molecule has 0 spiro atoms. The van der Waals surface area contributed by atoms with Crippen molar-refractivity contribution in [2.75, 3.05) is 11.6 Å². The summed E-state index contributed by atoms with van der Waals surface area (Å²) in [5.41, 5.74) is 6.57. The van der Waals surface area contributed by atoms with Crippen LogP contribution in [0, 0.1) is 0 Å². The van der Waals surface area contributed by atoms with E-state index in [1.165, 1.54) is 30.1 Å². The van der Waals surface area contributed by atoms with Gasteiger partial charge in [0.05, 0.1) is 11.1 Å². The Morgan fingerprint density at radius 3 is 2.55 bits per heavy atom. The van der Waals surface area contributed by atoms with Crippen LogP contribution in [-0.4, -0.2) is 33.2 Å². The van der Waals surface area contributed by atoms with Crippen molar-refractivity contribution in [3.63, 3.8) is 0 Å². The molecule has 2 rings (SSSR count). The number of primary amides is 1. The molecule has 22 heavy (non-hydrogen) atoms. The second-order valence-corrected chi connectivity index (χ2v) is 5.11. The van der Waals surface area contributed by atoms with Gasteiger partial charge in [0.25, 0.3) is 5.91 Å². The number of benzene rings is 1. The highest BCUT2D eigenvalue weighted by Crippen LogP contribution is 2.17. The first kappa shape index (κ1) is 15.8. The van der Waals surface area contributed by atoms with Gasteiger partial charge in [0.1, 0.15) is 5.82 Å². The van der Waals surface area contributed by atoms with Crippen LogP contribution in [0.4, 0.5) is 5.82 Å². The SMILES string of the molecule is CSc1ncc(C(N)=O)c(NCc2ccc(C(=O)O)cc2)n1. The standard InChI is InChI=1S/C14H14N4O3S/c1-22-14-17-7-10(11(15)19)12(18-14)16-6-8-2-4-9(5-3-8)13(20)21/h2-5,7H,6H2,1H3,(H2,15,19)(H,20,21)(H,16,17,18). The average Bonchev–Trinajstić information content (AvgIpc) is 2.52. The zero-order valence-electron chi connectivity index (χ0n) is 11.7. The minimum atomic E-state index is -0.976. The number of carbonyl (C=O) groups excluding carboxylic acids is 1. The Morgan fingerprint density at radius 2 is 2.00 bits per heavy atom. The molecule has 2 aromatic rings. The van der Waals surface area contributed by atoms with E-state index in [2.05, 4.69) is 15.3 Å². The van der Waals surface area contributed by atoms with Crippen molar-refractivity contribution in [2.24, 2.45) is 5.73 Å². The van der Waals surface area contributed by atoms with Crippen LogP contribution in [0.3, 0.4) is 0 Å². The van der Waals surface area contributed by atoms with Crippen LogP contribution in [0.25, 0.3) is 0 Å². The number of nitrogens with zero attached hydrogens (tertiary/aromatic N) is 2. The third kappa shape index (κ3) is 3.73. The Morgan fingerprint density at radius 1 is 1.32 bits per heavy atom. The Kier molecular flexibility index (Phi) is 4.95. The largest absolute Gasteiger partial charge is 0.478 e. The fourth-order valence-electron chi connectivity index (χ4n) is 1.73. The van der Waals surface area contributed by atoms with Gasteiger partial charge in [-0.05, 0) is 24.0 Å². The lowest BCUT2D eigenvalue weighted by Gasteiger charge is -2.10. The van der Waals surface area contributed by atoms with E-state index in [1.54, 1.807) is 12.1 Å². The normalized spacial score (nSPS) is 10.2. The van der Waals surface area contributed by atoms with E-state index < -0.39 is 11.9 Å². The maximum atomic E-state index is 11.4. The topological polar surface area (TPSA) is 118 Å². The van der Waals surface area contributed by atoms with Gasteiger partial charge in [0, 0.05) is 12.7 Å². The minimum Gasteiger partial charge on any atom is -0.478 e. The molecule has 114 valence electrons. The van der Waals surface area contributed by atoms with E-state index in [4.69, 9.17) is 10.8 Å². The second-order valence-electron chi connectivity index (χ2n) is 4.34. The first-order chi connectivity index (χ1) is 10.5. The molecule has 8 heteroatoms. The van der Waals surface area contributed by atoms with Crippen molar-refractivity contribution < 1.29 is 14.7 Å². The molecule has 0 fully saturated rings. The summed E-state index contributed by atoms with van der Waals surface area (Å²) >= 11 is 1.35. The van der Waals surface area contributed by atoms with Crippen LogP contribution in [-0.2, 0) is 6.54 Å². The first-order valence-corrected chi connectivity index (χ1v) is 7.50. The van der Waals surface area contributed by atoms with E-state index >= 15 is 0 Å². The Hall–Kier alpha value is -2.61. The average molecular weight is 318 g/mol. The highest BCUT2D eigenvalue weighted by atomic mass is 32.2. The van der Waals surface area contributed by atoms with Crippen LogP contribution < -0.4 is 11.1 Å². The van der Waals surface area contributed by atoms with E-state index in [0.29, 0.717) is 17.5 Å². The van der Waals surface area contributed by atoms with Gasteiger partial charge in [-0.3, -0.25) is 4.79 Å². The monoisotopic (exact) mass is 318 g/mol. The number of rotatable bonds is 6. The lowest BCUT2D eigenvalue weighted by atomic mass is 10.1. The number of hydrogen-bond acceptors (Lipinski definition) is 6. The number of amides is 1. The molecule has 7 nitrogen and oxygen atoms in total. The van der Waals surface area contributed by atoms with Crippen LogP contribution in [0.1, 0.15) is 26.3 Å². The van der Waals surface area contributed by atoms with Crippen molar-refractivity contribution in [1.82, 2.24) is 9.97 Å². The molecule has 0 aliphatic carbocycles. The van der Waals surface area contributed by atoms with Crippen LogP contribution in [0.15, 0.2) is 35.6 Å². The Balaban J connectivity index is 2.16. The quantitative estimate of drug-likeness (QED) is 0.547. The fourth-order valence-corrected chi connectivity index (χ4v) is 2.07. The third-order valence-corrected chi connectivity index (χ3v) is 3.44. The fraction of sp³-hybridized carbons (Fsp3) is 0.143. The number of nitrogens with two attached hydrogens (primary N) is 1. The highest BCUT2D eigenvalue weighted by molar-refractivity contribution is 7.98. The summed E-state index contributed by atoms with van der Waals surface area (Å²) in [6, 6.07) is 6.41. The van der Waals surface area contributed by atoms with E-state index in [0.717, 1.165) is 5.56 Å². The molecule has 0 radical (unpaired) electrons. The number of thioether (sulfide) groups is 1. The summed E-state index contributed by atoms with van der Waals surface area (Å²) < 4.78 is 0. The van der Waals surface area contributed by atoms with Gasteiger partial charge < -0.3 is 16.2 Å². The summed E-state index contributed by atoms with van der Waals surface area (Å²) in [5, 5.41) is 12.4. The molecule has 0 unspecified atom stereocenters. The van der Waals surface area contributed by atoms with Crippen LogP contribution in [0.5, 0.6) is 0 Å². The van der Waals surface area contributed by atoms with Gasteiger partial charge in [-0.2, -0.15) is 0 Å². The van der Waals surface area contributed by atoms with Gasteiger partial charge >= 0.3 is 5.97 Å². The molecule has 0 aliphatic heterocycles. The van der Waals surface area contributed by atoms with E-state index in [1.807, 2.05) is 6.26 Å². The first-order valence-electron chi connectivity index (χ1n) is 6.28. The number of aromatic nitrogens is 2. The number of nitrogens with one attached hydrogen (secondary N) is 1. The summed E-state index contributed by atoms with van der Waals surface area (Å²) in [5.74, 6) is -1.23. The number of carboxylic acid groups (broad SMARTS) is 1. The zero-order valence-corrected chi connectivity index (χ0v) is 12.6. The highest BCUT2D eigenvalue weighted by Gasteiger charge is 2.11. The van der Waals surface area contributed by atoms with Crippen LogP contribution in [0.2, 0.25) is 0 Å². The van der Waals surface area contributed by atoms with E-state index in [-0.39, 0.29) is 11.1 Å². The molecule has 1 heterocycles. The maximum absolute atomic E-state index is 11.4. The lowest BCUT2D eigenvalue weighted by molar-refractivity contribution is 0.0696. The molecule has 1 aromatic carbocycles. The zero-order chi connectivity index (χ0) is 16.1. The number of hydrogen-bond donors (Lipinski definition) is 3. The smallest absolute Gasteiger partial charge is 0.335 e. The van der Waals surface area contributed by atoms with Crippen molar-refractivity contribution in [3.8, 4) is 0 Å². The Bertz CT molecular complexity index is 704. The minimum absolute atomic E-state index is 0.208.